The van der Waals surface area contributed by atoms with Crippen molar-refractivity contribution in [2.24, 2.45) is 5.92 Å². The fourth-order valence-corrected chi connectivity index (χ4v) is 2.55. The summed E-state index contributed by atoms with van der Waals surface area (Å²) in [7, 11) is 0. The number of nitriles is 1. The first kappa shape index (κ1) is 14.7. The van der Waals surface area contributed by atoms with Crippen molar-refractivity contribution in [3.63, 3.8) is 0 Å². The van der Waals surface area contributed by atoms with Crippen molar-refractivity contribution in [2.75, 3.05) is 24.6 Å². The standard InChI is InChI=1S/C14H15F3N2O/c15-14(16,17)13-7-12(2-1-11(13)8-18)19-5-3-10(9-19)4-6-20/h1-2,7,10,20H,3-6,9H2. The van der Waals surface area contributed by atoms with Gasteiger partial charge in [0.15, 0.2) is 0 Å². The van der Waals surface area contributed by atoms with Crippen molar-refractivity contribution < 1.29 is 18.3 Å². The van der Waals surface area contributed by atoms with Crippen LogP contribution in [0.1, 0.15) is 24.0 Å². The normalized spacial score (nSPS) is 19.1. The van der Waals surface area contributed by atoms with E-state index < -0.39 is 11.7 Å². The number of aliphatic hydroxyl groups is 1. The highest BCUT2D eigenvalue weighted by Crippen LogP contribution is 2.35. The van der Waals surface area contributed by atoms with Crippen LogP contribution in [0, 0.1) is 17.2 Å². The number of anilines is 1. The van der Waals surface area contributed by atoms with Crippen LogP contribution in [0.5, 0.6) is 0 Å². The summed E-state index contributed by atoms with van der Waals surface area (Å²) >= 11 is 0. The summed E-state index contributed by atoms with van der Waals surface area (Å²) in [6, 6.07) is 5.39. The largest absolute Gasteiger partial charge is 0.417 e. The molecule has 1 aliphatic rings. The molecular weight excluding hydrogens is 269 g/mol. The Morgan fingerprint density at radius 1 is 1.40 bits per heavy atom. The van der Waals surface area contributed by atoms with Crippen molar-refractivity contribution in [3.05, 3.63) is 29.3 Å². The summed E-state index contributed by atoms with van der Waals surface area (Å²) in [5.74, 6) is 0.310. The van der Waals surface area contributed by atoms with Gasteiger partial charge in [-0.3, -0.25) is 0 Å². The van der Waals surface area contributed by atoms with Crippen molar-refractivity contribution in [3.8, 4) is 6.07 Å². The smallest absolute Gasteiger partial charge is 0.396 e. The third-order valence-corrected chi connectivity index (χ3v) is 3.62. The van der Waals surface area contributed by atoms with Crippen LogP contribution in [0.2, 0.25) is 0 Å². The molecule has 0 aliphatic carbocycles. The summed E-state index contributed by atoms with van der Waals surface area (Å²) in [6.07, 6.45) is -2.99. The quantitative estimate of drug-likeness (QED) is 0.928. The molecule has 1 fully saturated rings. The molecule has 1 aliphatic heterocycles. The Bertz CT molecular complexity index is 522. The Morgan fingerprint density at radius 3 is 2.75 bits per heavy atom. The van der Waals surface area contributed by atoms with Crippen LogP contribution in [0.4, 0.5) is 18.9 Å². The Labute approximate surface area is 115 Å². The van der Waals surface area contributed by atoms with Crippen molar-refractivity contribution in [2.45, 2.75) is 19.0 Å². The zero-order valence-electron chi connectivity index (χ0n) is 10.8. The van der Waals surface area contributed by atoms with E-state index >= 15 is 0 Å². The molecule has 1 atom stereocenters. The molecule has 108 valence electrons. The number of aliphatic hydroxyl groups excluding tert-OH is 1. The molecule has 0 spiro atoms. The van der Waals surface area contributed by atoms with Crippen LogP contribution in [0.15, 0.2) is 18.2 Å². The number of nitrogens with zero attached hydrogens (tertiary/aromatic N) is 2. The molecule has 1 N–H and O–H groups in total. The maximum Gasteiger partial charge on any atom is 0.417 e. The minimum absolute atomic E-state index is 0.0969. The second-order valence-electron chi connectivity index (χ2n) is 4.95. The number of hydrogen-bond acceptors (Lipinski definition) is 3. The van der Waals surface area contributed by atoms with E-state index in [1.54, 1.807) is 12.1 Å². The van der Waals surface area contributed by atoms with E-state index in [2.05, 4.69) is 0 Å². The highest BCUT2D eigenvalue weighted by molar-refractivity contribution is 5.55. The summed E-state index contributed by atoms with van der Waals surface area (Å²) in [5, 5.41) is 17.7. The van der Waals surface area contributed by atoms with Crippen molar-refractivity contribution in [1.82, 2.24) is 0 Å². The van der Waals surface area contributed by atoms with Gasteiger partial charge in [0.25, 0.3) is 0 Å². The van der Waals surface area contributed by atoms with Crippen molar-refractivity contribution >= 4 is 5.69 Å². The van der Waals surface area contributed by atoms with Crippen LogP contribution in [0.25, 0.3) is 0 Å². The van der Waals surface area contributed by atoms with E-state index in [4.69, 9.17) is 10.4 Å². The molecule has 1 aromatic carbocycles. The van der Waals surface area contributed by atoms with E-state index in [1.165, 1.54) is 6.07 Å². The molecule has 0 amide bonds. The lowest BCUT2D eigenvalue weighted by Crippen LogP contribution is -2.21. The lowest BCUT2D eigenvalue weighted by molar-refractivity contribution is -0.137. The highest BCUT2D eigenvalue weighted by atomic mass is 19.4. The molecule has 0 saturated carbocycles. The van der Waals surface area contributed by atoms with Crippen LogP contribution >= 0.6 is 0 Å². The topological polar surface area (TPSA) is 47.3 Å². The molecule has 0 bridgehead atoms. The van der Waals surface area contributed by atoms with Gasteiger partial charge in [0.2, 0.25) is 0 Å². The Hall–Kier alpha value is -1.74. The molecule has 0 aromatic heterocycles. The minimum atomic E-state index is -4.52. The van der Waals surface area contributed by atoms with Gasteiger partial charge in [-0.15, -0.1) is 0 Å². The van der Waals surface area contributed by atoms with Gasteiger partial charge in [0.05, 0.1) is 17.2 Å². The van der Waals surface area contributed by atoms with Gasteiger partial charge in [-0.05, 0) is 37.0 Å². The number of alkyl halides is 3. The van der Waals surface area contributed by atoms with E-state index in [1.807, 2.05) is 4.90 Å². The van der Waals surface area contributed by atoms with Gasteiger partial charge < -0.3 is 10.0 Å². The van der Waals surface area contributed by atoms with Crippen LogP contribution in [0.3, 0.4) is 0 Å². The molecule has 1 unspecified atom stereocenters. The number of benzene rings is 1. The first-order valence-corrected chi connectivity index (χ1v) is 6.43. The zero-order valence-corrected chi connectivity index (χ0v) is 10.8. The Balaban J connectivity index is 2.25. The van der Waals surface area contributed by atoms with Crippen molar-refractivity contribution in [1.29, 1.82) is 5.26 Å². The highest BCUT2D eigenvalue weighted by Gasteiger charge is 2.34. The molecule has 3 nitrogen and oxygen atoms in total. The van der Waals surface area contributed by atoms with Gasteiger partial charge in [-0.1, -0.05) is 0 Å². The lowest BCUT2D eigenvalue weighted by Gasteiger charge is -2.20. The third-order valence-electron chi connectivity index (χ3n) is 3.62. The predicted octanol–water partition coefficient (Wildman–Crippen LogP) is 2.79. The van der Waals surface area contributed by atoms with E-state index in [0.29, 0.717) is 31.1 Å². The van der Waals surface area contributed by atoms with E-state index in [-0.39, 0.29) is 12.2 Å². The van der Waals surface area contributed by atoms with Crippen LogP contribution in [-0.4, -0.2) is 24.8 Å². The molecule has 2 rings (SSSR count). The molecule has 6 heteroatoms. The first-order valence-electron chi connectivity index (χ1n) is 6.43. The van der Waals surface area contributed by atoms with E-state index in [9.17, 15) is 13.2 Å². The monoisotopic (exact) mass is 284 g/mol. The summed E-state index contributed by atoms with van der Waals surface area (Å²) in [6.45, 7) is 1.41. The van der Waals surface area contributed by atoms with Gasteiger partial charge in [-0.25, -0.2) is 0 Å². The van der Waals surface area contributed by atoms with Gasteiger partial charge in [0, 0.05) is 25.4 Å². The average molecular weight is 284 g/mol. The molecule has 1 heterocycles. The van der Waals surface area contributed by atoms with Crippen LogP contribution < -0.4 is 4.90 Å². The number of halogens is 3. The number of rotatable bonds is 3. The van der Waals surface area contributed by atoms with E-state index in [0.717, 1.165) is 12.5 Å². The molecule has 1 saturated heterocycles. The fourth-order valence-electron chi connectivity index (χ4n) is 2.55. The molecule has 20 heavy (non-hydrogen) atoms. The maximum absolute atomic E-state index is 12.9. The van der Waals surface area contributed by atoms with Gasteiger partial charge >= 0.3 is 6.18 Å². The minimum Gasteiger partial charge on any atom is -0.396 e. The summed E-state index contributed by atoms with van der Waals surface area (Å²) in [4.78, 5) is 1.87. The Morgan fingerprint density at radius 2 is 2.15 bits per heavy atom. The van der Waals surface area contributed by atoms with Gasteiger partial charge in [0.1, 0.15) is 0 Å². The fraction of sp³-hybridized carbons (Fsp3) is 0.500. The summed E-state index contributed by atoms with van der Waals surface area (Å²) in [5.41, 5.74) is -0.757. The molecule has 1 aromatic rings. The maximum atomic E-state index is 12.9. The third kappa shape index (κ3) is 3.05. The summed E-state index contributed by atoms with van der Waals surface area (Å²) < 4.78 is 38.7. The first-order chi connectivity index (χ1) is 9.45. The van der Waals surface area contributed by atoms with Gasteiger partial charge in [-0.2, -0.15) is 18.4 Å². The predicted molar refractivity (Wildman–Crippen MR) is 68.2 cm³/mol. The lowest BCUT2D eigenvalue weighted by atomic mass is 10.1. The molecule has 0 radical (unpaired) electrons. The average Bonchev–Trinajstić information content (AvgIpc) is 2.86. The Kier molecular flexibility index (Phi) is 4.19. The zero-order chi connectivity index (χ0) is 14.8. The molecular formula is C14H15F3N2O. The second-order valence-corrected chi connectivity index (χ2v) is 4.95. The second kappa shape index (κ2) is 5.71. The number of hydrogen-bond donors (Lipinski definition) is 1. The SMILES string of the molecule is N#Cc1ccc(N2CCC(CCO)C2)cc1C(F)(F)F. The van der Waals surface area contributed by atoms with Crippen LogP contribution in [-0.2, 0) is 6.18 Å².